The summed E-state index contributed by atoms with van der Waals surface area (Å²) in [5.41, 5.74) is 1.44. The molecule has 0 spiro atoms. The number of aliphatic hydroxyl groups is 1. The minimum Gasteiger partial charge on any atom is -0.461 e. The molecule has 3 atom stereocenters. The van der Waals surface area contributed by atoms with E-state index in [1.54, 1.807) is 54.6 Å². The van der Waals surface area contributed by atoms with Crippen molar-refractivity contribution in [1.82, 2.24) is 16.0 Å². The molecule has 47 heavy (non-hydrogen) atoms. The number of carbonyl (C=O) groups is 5. The van der Waals surface area contributed by atoms with Crippen molar-refractivity contribution in [3.05, 3.63) is 97.1 Å². The predicted octanol–water partition coefficient (Wildman–Crippen LogP) is 2.34. The lowest BCUT2D eigenvalue weighted by Crippen LogP contribution is -2.49. The Bertz CT molecular complexity index is 1290. The zero-order valence-electron chi connectivity index (χ0n) is 26.3. The van der Waals surface area contributed by atoms with Crippen molar-refractivity contribution in [1.29, 1.82) is 0 Å². The minimum atomic E-state index is -1.44. The number of amides is 3. The highest BCUT2D eigenvalue weighted by molar-refractivity contribution is 5.89. The maximum Gasteiger partial charge on any atom is 0.408 e. The fourth-order valence-corrected chi connectivity index (χ4v) is 4.05. The highest BCUT2D eigenvalue weighted by Gasteiger charge is 2.30. The lowest BCUT2D eigenvalue weighted by molar-refractivity contribution is -0.156. The number of esters is 2. The Balaban J connectivity index is 2.06. The molecular formula is C34H43N3O10. The van der Waals surface area contributed by atoms with Gasteiger partial charge in [-0.1, -0.05) is 72.8 Å². The van der Waals surface area contributed by atoms with E-state index in [9.17, 15) is 24.0 Å². The highest BCUT2D eigenvalue weighted by Crippen LogP contribution is 2.12. The van der Waals surface area contributed by atoms with E-state index in [4.69, 9.17) is 24.1 Å². The topological polar surface area (TPSA) is 179 Å². The molecule has 3 amide bonds. The van der Waals surface area contributed by atoms with Crippen LogP contribution in [0.5, 0.6) is 0 Å². The Morgan fingerprint density at radius 3 is 1.94 bits per heavy atom. The molecule has 0 bridgehead atoms. The monoisotopic (exact) mass is 653 g/mol. The third-order valence-electron chi connectivity index (χ3n) is 6.47. The van der Waals surface area contributed by atoms with Gasteiger partial charge in [0, 0.05) is 13.0 Å². The van der Waals surface area contributed by atoms with Gasteiger partial charge in [0.05, 0.1) is 25.7 Å². The number of aliphatic hydroxyl groups excluding tert-OH is 1. The molecule has 0 aliphatic heterocycles. The van der Waals surface area contributed by atoms with Crippen molar-refractivity contribution in [3.8, 4) is 0 Å². The fourth-order valence-electron chi connectivity index (χ4n) is 4.05. The second-order valence-electron chi connectivity index (χ2n) is 10.2. The number of nitrogens with one attached hydrogen (secondary N) is 3. The molecular weight excluding hydrogens is 610 g/mol. The Morgan fingerprint density at radius 2 is 1.34 bits per heavy atom. The smallest absolute Gasteiger partial charge is 0.408 e. The number of benzene rings is 2. The Labute approximate surface area is 274 Å². The van der Waals surface area contributed by atoms with E-state index >= 15 is 0 Å². The summed E-state index contributed by atoms with van der Waals surface area (Å²) in [6, 6.07) is 15.2. The molecule has 0 heterocycles. The number of hydrogen-bond donors (Lipinski definition) is 4. The summed E-state index contributed by atoms with van der Waals surface area (Å²) in [5, 5.41) is 16.4. The van der Waals surface area contributed by atoms with Crippen LogP contribution in [0, 0.1) is 5.92 Å². The van der Waals surface area contributed by atoms with Gasteiger partial charge in [-0.2, -0.15) is 0 Å². The zero-order valence-corrected chi connectivity index (χ0v) is 26.3. The molecule has 0 aliphatic rings. The first kappa shape index (κ1) is 38.2. The van der Waals surface area contributed by atoms with Crippen molar-refractivity contribution in [2.24, 2.45) is 5.92 Å². The van der Waals surface area contributed by atoms with Crippen molar-refractivity contribution < 1.29 is 48.0 Å². The van der Waals surface area contributed by atoms with Crippen molar-refractivity contribution >= 4 is 29.8 Å². The summed E-state index contributed by atoms with van der Waals surface area (Å²) in [6.45, 7) is 6.83. The normalized spacial score (nSPS) is 12.4. The molecule has 13 nitrogen and oxygen atoms in total. The van der Waals surface area contributed by atoms with Crippen molar-refractivity contribution in [2.75, 3.05) is 33.0 Å². The molecule has 254 valence electrons. The average molecular weight is 654 g/mol. The molecule has 4 N–H and O–H groups in total. The molecule has 2 aromatic carbocycles. The van der Waals surface area contributed by atoms with E-state index in [0.717, 1.165) is 5.56 Å². The molecule has 2 rings (SSSR count). The largest absolute Gasteiger partial charge is 0.461 e. The summed E-state index contributed by atoms with van der Waals surface area (Å²) >= 11 is 0. The SMILES string of the molecule is C=CC[C@H](CC(=O)NCCOCCO)C(=O)N[C@H](COC(=O)[C@@H](CC=C)NC(=O)OCc1ccccc1)C(=O)OCc1ccccc1. The minimum absolute atomic E-state index is 0.00366. The molecule has 0 unspecified atom stereocenters. The van der Waals surface area contributed by atoms with Gasteiger partial charge in [0.1, 0.15) is 25.9 Å². The van der Waals surface area contributed by atoms with Crippen LogP contribution in [-0.4, -0.2) is 80.0 Å². The molecule has 13 heteroatoms. The Kier molecular flexibility index (Phi) is 18.3. The number of allylic oxidation sites excluding steroid dienone is 1. The first-order valence-electron chi connectivity index (χ1n) is 15.1. The van der Waals surface area contributed by atoms with Gasteiger partial charge in [-0.05, 0) is 24.0 Å². The quantitative estimate of drug-likeness (QED) is 0.0638. The third kappa shape index (κ3) is 15.7. The van der Waals surface area contributed by atoms with Crippen LogP contribution in [-0.2, 0) is 51.3 Å². The molecule has 0 saturated carbocycles. The third-order valence-corrected chi connectivity index (χ3v) is 6.47. The van der Waals surface area contributed by atoms with Gasteiger partial charge in [-0.15, -0.1) is 13.2 Å². The number of alkyl carbamates (subject to hydrolysis) is 1. The van der Waals surface area contributed by atoms with E-state index in [2.05, 4.69) is 29.1 Å². The van der Waals surface area contributed by atoms with Crippen LogP contribution in [0.15, 0.2) is 86.0 Å². The number of rotatable bonds is 22. The van der Waals surface area contributed by atoms with Gasteiger partial charge in [0.2, 0.25) is 11.8 Å². The predicted molar refractivity (Wildman–Crippen MR) is 171 cm³/mol. The summed E-state index contributed by atoms with van der Waals surface area (Å²) in [6.07, 6.45) is 1.89. The Hall–Kier alpha value is -5.01. The lowest BCUT2D eigenvalue weighted by Gasteiger charge is -2.22. The maximum absolute atomic E-state index is 13.3. The van der Waals surface area contributed by atoms with E-state index < -0.39 is 54.5 Å². The second-order valence-corrected chi connectivity index (χ2v) is 10.2. The van der Waals surface area contributed by atoms with E-state index in [0.29, 0.717) is 5.56 Å². The molecule has 2 aromatic rings. The molecule has 0 aromatic heterocycles. The van der Waals surface area contributed by atoms with Crippen LogP contribution in [0.3, 0.4) is 0 Å². The van der Waals surface area contributed by atoms with Crippen LogP contribution >= 0.6 is 0 Å². The van der Waals surface area contributed by atoms with Gasteiger partial charge in [0.15, 0.2) is 6.04 Å². The lowest BCUT2D eigenvalue weighted by atomic mass is 9.99. The number of hydrogen-bond acceptors (Lipinski definition) is 10. The molecule has 0 saturated heterocycles. The van der Waals surface area contributed by atoms with Crippen LogP contribution in [0.25, 0.3) is 0 Å². The van der Waals surface area contributed by atoms with Crippen LogP contribution in [0.1, 0.15) is 30.4 Å². The van der Waals surface area contributed by atoms with Gasteiger partial charge in [-0.3, -0.25) is 9.59 Å². The number of carbonyl (C=O) groups excluding carboxylic acids is 5. The van der Waals surface area contributed by atoms with Crippen LogP contribution in [0.4, 0.5) is 4.79 Å². The van der Waals surface area contributed by atoms with Gasteiger partial charge < -0.3 is 40.0 Å². The van der Waals surface area contributed by atoms with Crippen molar-refractivity contribution in [3.63, 3.8) is 0 Å². The summed E-state index contributed by atoms with van der Waals surface area (Å²) in [7, 11) is 0. The highest BCUT2D eigenvalue weighted by atomic mass is 16.6. The average Bonchev–Trinajstić information content (AvgIpc) is 3.08. The summed E-state index contributed by atoms with van der Waals surface area (Å²) in [4.78, 5) is 64.2. The second kappa shape index (κ2) is 22.5. The Morgan fingerprint density at radius 1 is 0.745 bits per heavy atom. The first-order chi connectivity index (χ1) is 22.8. The molecule has 0 aliphatic carbocycles. The summed E-state index contributed by atoms with van der Waals surface area (Å²) < 4.78 is 21.0. The van der Waals surface area contributed by atoms with E-state index in [1.807, 2.05) is 6.07 Å². The van der Waals surface area contributed by atoms with Gasteiger partial charge in [0.25, 0.3) is 0 Å². The van der Waals surface area contributed by atoms with Crippen molar-refractivity contribution in [2.45, 2.75) is 44.6 Å². The van der Waals surface area contributed by atoms with Gasteiger partial charge in [-0.25, -0.2) is 14.4 Å². The van der Waals surface area contributed by atoms with Crippen LogP contribution < -0.4 is 16.0 Å². The first-order valence-corrected chi connectivity index (χ1v) is 15.1. The zero-order chi connectivity index (χ0) is 34.3. The molecule has 0 radical (unpaired) electrons. The fraction of sp³-hybridized carbons (Fsp3) is 0.382. The maximum atomic E-state index is 13.3. The number of ether oxygens (including phenoxy) is 4. The van der Waals surface area contributed by atoms with Crippen LogP contribution in [0.2, 0.25) is 0 Å². The molecule has 0 fully saturated rings. The standard InChI is InChI=1S/C34H43N3O10/c1-3-11-27(21-30(39)35-17-19-44-20-18-38)31(40)36-29(33(42)45-22-25-13-7-5-8-14-25)24-46-32(41)28(12-4-2)37-34(43)47-23-26-15-9-6-10-16-26/h3-10,13-16,27-29,38H,1-2,11-12,17-24H2,(H,35,39)(H,36,40)(H,37,43)/t27-,28-,29-/m1/s1. The van der Waals surface area contributed by atoms with Gasteiger partial charge >= 0.3 is 18.0 Å². The van der Waals surface area contributed by atoms with E-state index in [1.165, 1.54) is 12.2 Å². The van der Waals surface area contributed by atoms with E-state index in [-0.39, 0.29) is 58.8 Å². The summed E-state index contributed by atoms with van der Waals surface area (Å²) in [5.74, 6) is -3.79.